The molecule has 0 saturated heterocycles. The standard InChI is InChI=1S/C17H17NO3/c1-2-20-17(19)14-8-11-21-16-13(12-14)6-5-7-15(16)18-9-3-4-10-18/h3-7,9-10,12H,2,8,11H2,1H3. The first-order valence-electron chi connectivity index (χ1n) is 7.06. The Morgan fingerprint density at radius 3 is 2.86 bits per heavy atom. The number of ether oxygens (including phenoxy) is 2. The van der Waals surface area contributed by atoms with E-state index >= 15 is 0 Å². The molecule has 4 nitrogen and oxygen atoms in total. The van der Waals surface area contributed by atoms with Gasteiger partial charge in [-0.05, 0) is 31.2 Å². The number of hydrogen-bond acceptors (Lipinski definition) is 3. The summed E-state index contributed by atoms with van der Waals surface area (Å²) in [6.45, 7) is 2.66. The Bertz CT molecular complexity index is 671. The van der Waals surface area contributed by atoms with Gasteiger partial charge in [-0.25, -0.2) is 4.79 Å². The summed E-state index contributed by atoms with van der Waals surface area (Å²) >= 11 is 0. The van der Waals surface area contributed by atoms with Gasteiger partial charge >= 0.3 is 5.97 Å². The van der Waals surface area contributed by atoms with Crippen molar-refractivity contribution in [3.05, 3.63) is 53.9 Å². The average molecular weight is 283 g/mol. The molecule has 4 heteroatoms. The predicted octanol–water partition coefficient (Wildman–Crippen LogP) is 3.21. The monoisotopic (exact) mass is 283 g/mol. The van der Waals surface area contributed by atoms with Crippen molar-refractivity contribution in [1.29, 1.82) is 0 Å². The van der Waals surface area contributed by atoms with Gasteiger partial charge in [0.2, 0.25) is 0 Å². The largest absolute Gasteiger partial charge is 0.490 e. The number of benzene rings is 1. The Morgan fingerprint density at radius 2 is 2.10 bits per heavy atom. The van der Waals surface area contributed by atoms with Crippen molar-refractivity contribution in [2.24, 2.45) is 0 Å². The molecule has 0 aliphatic carbocycles. The van der Waals surface area contributed by atoms with Crippen LogP contribution in [0.1, 0.15) is 18.9 Å². The van der Waals surface area contributed by atoms with Crippen LogP contribution in [0.3, 0.4) is 0 Å². The van der Waals surface area contributed by atoms with E-state index in [0.29, 0.717) is 25.2 Å². The lowest BCUT2D eigenvalue weighted by molar-refractivity contribution is -0.138. The normalized spacial score (nSPS) is 13.7. The minimum absolute atomic E-state index is 0.264. The van der Waals surface area contributed by atoms with E-state index in [2.05, 4.69) is 0 Å². The van der Waals surface area contributed by atoms with Crippen LogP contribution in [0.4, 0.5) is 0 Å². The third-order valence-corrected chi connectivity index (χ3v) is 3.39. The number of para-hydroxylation sites is 1. The smallest absolute Gasteiger partial charge is 0.334 e. The van der Waals surface area contributed by atoms with Crippen molar-refractivity contribution < 1.29 is 14.3 Å². The molecule has 1 aliphatic rings. The van der Waals surface area contributed by atoms with E-state index in [4.69, 9.17) is 9.47 Å². The predicted molar refractivity (Wildman–Crippen MR) is 80.5 cm³/mol. The first-order chi connectivity index (χ1) is 10.3. The fourth-order valence-electron chi connectivity index (χ4n) is 2.42. The maximum absolute atomic E-state index is 11.9. The quantitative estimate of drug-likeness (QED) is 0.812. The van der Waals surface area contributed by atoms with Crippen LogP contribution in [0.25, 0.3) is 11.8 Å². The summed E-state index contributed by atoms with van der Waals surface area (Å²) in [7, 11) is 0. The van der Waals surface area contributed by atoms with Gasteiger partial charge in [0.15, 0.2) is 0 Å². The number of rotatable bonds is 3. The molecular weight excluding hydrogens is 266 g/mol. The van der Waals surface area contributed by atoms with Gasteiger partial charge in [0.25, 0.3) is 0 Å². The summed E-state index contributed by atoms with van der Waals surface area (Å²) in [4.78, 5) is 11.9. The molecular formula is C17H17NO3. The van der Waals surface area contributed by atoms with E-state index in [-0.39, 0.29) is 5.97 Å². The van der Waals surface area contributed by atoms with Crippen LogP contribution < -0.4 is 4.74 Å². The molecule has 0 N–H and O–H groups in total. The van der Waals surface area contributed by atoms with Crippen LogP contribution in [0, 0.1) is 0 Å². The summed E-state index contributed by atoms with van der Waals surface area (Å²) < 4.78 is 13.0. The molecule has 0 unspecified atom stereocenters. The topological polar surface area (TPSA) is 40.5 Å². The second kappa shape index (κ2) is 5.87. The van der Waals surface area contributed by atoms with Gasteiger partial charge < -0.3 is 14.0 Å². The molecule has 0 spiro atoms. The van der Waals surface area contributed by atoms with Crippen molar-refractivity contribution in [3.8, 4) is 11.4 Å². The molecule has 0 bridgehead atoms. The van der Waals surface area contributed by atoms with Crippen molar-refractivity contribution in [2.75, 3.05) is 13.2 Å². The van der Waals surface area contributed by atoms with Crippen LogP contribution in [0.15, 0.2) is 48.3 Å². The molecule has 0 fully saturated rings. The number of carbonyl (C=O) groups excluding carboxylic acids is 1. The maximum atomic E-state index is 11.9. The Kier molecular flexibility index (Phi) is 3.77. The minimum Gasteiger partial charge on any atom is -0.490 e. The van der Waals surface area contributed by atoms with E-state index in [1.54, 1.807) is 0 Å². The third-order valence-electron chi connectivity index (χ3n) is 3.39. The van der Waals surface area contributed by atoms with E-state index in [9.17, 15) is 4.79 Å². The Balaban J connectivity index is 2.03. The third kappa shape index (κ3) is 2.70. The van der Waals surface area contributed by atoms with E-state index in [0.717, 1.165) is 17.0 Å². The van der Waals surface area contributed by atoms with Gasteiger partial charge in [-0.2, -0.15) is 0 Å². The molecule has 1 aromatic heterocycles. The zero-order valence-electron chi connectivity index (χ0n) is 11.9. The summed E-state index contributed by atoms with van der Waals surface area (Å²) in [5.41, 5.74) is 2.53. The molecule has 0 saturated carbocycles. The molecule has 3 rings (SSSR count). The first-order valence-corrected chi connectivity index (χ1v) is 7.06. The highest BCUT2D eigenvalue weighted by Gasteiger charge is 2.18. The Morgan fingerprint density at radius 1 is 1.29 bits per heavy atom. The maximum Gasteiger partial charge on any atom is 0.334 e. The highest BCUT2D eigenvalue weighted by molar-refractivity contribution is 5.94. The van der Waals surface area contributed by atoms with Gasteiger partial charge in [0.1, 0.15) is 5.75 Å². The van der Waals surface area contributed by atoms with Gasteiger partial charge in [-0.15, -0.1) is 0 Å². The molecule has 0 atom stereocenters. The number of aromatic nitrogens is 1. The second-order valence-corrected chi connectivity index (χ2v) is 4.77. The number of esters is 1. The molecule has 21 heavy (non-hydrogen) atoms. The minimum atomic E-state index is -0.264. The van der Waals surface area contributed by atoms with Crippen molar-refractivity contribution >= 4 is 12.0 Å². The van der Waals surface area contributed by atoms with Crippen molar-refractivity contribution in [2.45, 2.75) is 13.3 Å². The van der Waals surface area contributed by atoms with E-state index in [1.807, 2.05) is 60.3 Å². The van der Waals surface area contributed by atoms with Crippen LogP contribution in [-0.2, 0) is 9.53 Å². The van der Waals surface area contributed by atoms with Crippen LogP contribution in [0.5, 0.6) is 5.75 Å². The molecule has 1 aromatic carbocycles. The second-order valence-electron chi connectivity index (χ2n) is 4.77. The van der Waals surface area contributed by atoms with Crippen LogP contribution in [0.2, 0.25) is 0 Å². The molecule has 0 amide bonds. The fourth-order valence-corrected chi connectivity index (χ4v) is 2.42. The number of hydrogen-bond donors (Lipinski definition) is 0. The molecule has 0 radical (unpaired) electrons. The van der Waals surface area contributed by atoms with Gasteiger partial charge in [-0.1, -0.05) is 12.1 Å². The summed E-state index contributed by atoms with van der Waals surface area (Å²) in [5, 5.41) is 0. The summed E-state index contributed by atoms with van der Waals surface area (Å²) in [6, 6.07) is 9.85. The number of carbonyl (C=O) groups is 1. The van der Waals surface area contributed by atoms with Gasteiger partial charge in [0.05, 0.1) is 18.9 Å². The van der Waals surface area contributed by atoms with E-state index in [1.165, 1.54) is 0 Å². The lowest BCUT2D eigenvalue weighted by Crippen LogP contribution is -2.09. The molecule has 2 heterocycles. The first kappa shape index (κ1) is 13.5. The molecule has 2 aromatic rings. The SMILES string of the molecule is CCOC(=O)C1=Cc2cccc(-n3cccc3)c2OCC1. The Hall–Kier alpha value is -2.49. The zero-order chi connectivity index (χ0) is 14.7. The Labute approximate surface area is 123 Å². The molecule has 1 aliphatic heterocycles. The van der Waals surface area contributed by atoms with Crippen LogP contribution in [-0.4, -0.2) is 23.8 Å². The summed E-state index contributed by atoms with van der Waals surface area (Å²) in [5.74, 6) is 0.535. The van der Waals surface area contributed by atoms with Crippen LogP contribution >= 0.6 is 0 Å². The molecule has 108 valence electrons. The van der Waals surface area contributed by atoms with Gasteiger partial charge in [0, 0.05) is 30.0 Å². The summed E-state index contributed by atoms with van der Waals surface area (Å²) in [6.07, 6.45) is 6.37. The van der Waals surface area contributed by atoms with Crippen molar-refractivity contribution in [3.63, 3.8) is 0 Å². The highest BCUT2D eigenvalue weighted by atomic mass is 16.5. The zero-order valence-corrected chi connectivity index (χ0v) is 11.9. The average Bonchev–Trinajstić information content (AvgIpc) is 2.92. The fraction of sp³-hybridized carbons (Fsp3) is 0.235. The number of nitrogens with zero attached hydrogens (tertiary/aromatic N) is 1. The van der Waals surface area contributed by atoms with E-state index < -0.39 is 0 Å². The highest BCUT2D eigenvalue weighted by Crippen LogP contribution is 2.32. The lowest BCUT2D eigenvalue weighted by Gasteiger charge is -2.12. The number of fused-ring (bicyclic) bond motifs is 1. The van der Waals surface area contributed by atoms with Gasteiger partial charge in [-0.3, -0.25) is 0 Å². The van der Waals surface area contributed by atoms with Crippen molar-refractivity contribution in [1.82, 2.24) is 4.57 Å². The lowest BCUT2D eigenvalue weighted by atomic mass is 10.1.